The standard InChI is InChI=1S/C20H33N/c1-4-21-20(19-10-8-6-5-7-9-11-19)15-18-13-16(2)12-17(3)14-18/h12-14,19-21H,4-11,15H2,1-3H3. The molecule has 1 nitrogen and oxygen atoms in total. The summed E-state index contributed by atoms with van der Waals surface area (Å²) in [6.07, 6.45) is 11.2. The Morgan fingerprint density at radius 1 is 0.952 bits per heavy atom. The van der Waals surface area contributed by atoms with E-state index in [1.807, 2.05) is 0 Å². The molecule has 1 aliphatic rings. The summed E-state index contributed by atoms with van der Waals surface area (Å²) in [6.45, 7) is 7.77. The highest BCUT2D eigenvalue weighted by Crippen LogP contribution is 2.27. The molecule has 2 rings (SSSR count). The van der Waals surface area contributed by atoms with E-state index in [1.54, 1.807) is 0 Å². The highest BCUT2D eigenvalue weighted by molar-refractivity contribution is 5.29. The van der Waals surface area contributed by atoms with E-state index in [9.17, 15) is 0 Å². The Morgan fingerprint density at radius 3 is 2.10 bits per heavy atom. The fourth-order valence-corrected chi connectivity index (χ4v) is 4.00. The van der Waals surface area contributed by atoms with Crippen LogP contribution >= 0.6 is 0 Å². The fraction of sp³-hybridized carbons (Fsp3) is 0.700. The van der Waals surface area contributed by atoms with Crippen molar-refractivity contribution in [3.05, 3.63) is 34.9 Å². The van der Waals surface area contributed by atoms with E-state index in [4.69, 9.17) is 0 Å². The molecule has 0 amide bonds. The van der Waals surface area contributed by atoms with Gasteiger partial charge >= 0.3 is 0 Å². The van der Waals surface area contributed by atoms with Crippen molar-refractivity contribution in [3.63, 3.8) is 0 Å². The van der Waals surface area contributed by atoms with Crippen LogP contribution in [0.4, 0.5) is 0 Å². The number of hydrogen-bond acceptors (Lipinski definition) is 1. The van der Waals surface area contributed by atoms with Crippen molar-refractivity contribution in [2.24, 2.45) is 5.92 Å². The highest BCUT2D eigenvalue weighted by Gasteiger charge is 2.21. The SMILES string of the molecule is CCNC(Cc1cc(C)cc(C)c1)C1CCCCCCC1. The maximum atomic E-state index is 3.79. The molecule has 1 aliphatic carbocycles. The summed E-state index contributed by atoms with van der Waals surface area (Å²) in [5.74, 6) is 0.867. The van der Waals surface area contributed by atoms with Gasteiger partial charge in [0.15, 0.2) is 0 Å². The van der Waals surface area contributed by atoms with Gasteiger partial charge in [-0.2, -0.15) is 0 Å². The van der Waals surface area contributed by atoms with Gasteiger partial charge in [0, 0.05) is 6.04 Å². The molecule has 1 unspecified atom stereocenters. The van der Waals surface area contributed by atoms with E-state index in [0.717, 1.165) is 12.5 Å². The largest absolute Gasteiger partial charge is 0.314 e. The highest BCUT2D eigenvalue weighted by atomic mass is 14.9. The summed E-state index contributed by atoms with van der Waals surface area (Å²) < 4.78 is 0. The molecule has 0 heterocycles. The van der Waals surface area contributed by atoms with Crippen LogP contribution in [0.3, 0.4) is 0 Å². The van der Waals surface area contributed by atoms with Crippen molar-refractivity contribution in [3.8, 4) is 0 Å². The van der Waals surface area contributed by atoms with Crippen molar-refractivity contribution in [1.29, 1.82) is 0 Å². The van der Waals surface area contributed by atoms with Crippen LogP contribution in [0.2, 0.25) is 0 Å². The van der Waals surface area contributed by atoms with Gasteiger partial charge in [0.2, 0.25) is 0 Å². The number of rotatable bonds is 5. The van der Waals surface area contributed by atoms with Crippen molar-refractivity contribution >= 4 is 0 Å². The van der Waals surface area contributed by atoms with Gasteiger partial charge in [-0.3, -0.25) is 0 Å². The average Bonchev–Trinajstić information content (AvgIpc) is 2.36. The first-order valence-corrected chi connectivity index (χ1v) is 8.99. The van der Waals surface area contributed by atoms with E-state index >= 15 is 0 Å². The van der Waals surface area contributed by atoms with Gasteiger partial charge < -0.3 is 5.32 Å². The molecule has 1 heteroatoms. The fourth-order valence-electron chi connectivity index (χ4n) is 4.00. The zero-order chi connectivity index (χ0) is 15.1. The minimum absolute atomic E-state index is 0.661. The second kappa shape index (κ2) is 8.58. The number of nitrogens with one attached hydrogen (secondary N) is 1. The quantitative estimate of drug-likeness (QED) is 0.786. The Morgan fingerprint density at radius 2 is 1.52 bits per heavy atom. The van der Waals surface area contributed by atoms with Crippen LogP contribution < -0.4 is 5.32 Å². The molecule has 1 saturated carbocycles. The molecule has 1 aromatic carbocycles. The molecule has 1 N–H and O–H groups in total. The lowest BCUT2D eigenvalue weighted by Crippen LogP contribution is -2.38. The molecule has 1 aromatic rings. The molecule has 0 aliphatic heterocycles. The van der Waals surface area contributed by atoms with Gasteiger partial charge in [0.1, 0.15) is 0 Å². The van der Waals surface area contributed by atoms with Gasteiger partial charge in [-0.05, 0) is 51.1 Å². The van der Waals surface area contributed by atoms with Crippen LogP contribution in [0.15, 0.2) is 18.2 Å². The molecule has 1 fully saturated rings. The summed E-state index contributed by atoms with van der Waals surface area (Å²) in [5, 5.41) is 3.79. The monoisotopic (exact) mass is 287 g/mol. The van der Waals surface area contributed by atoms with Gasteiger partial charge in [0.05, 0.1) is 0 Å². The summed E-state index contributed by atoms with van der Waals surface area (Å²) >= 11 is 0. The number of hydrogen-bond donors (Lipinski definition) is 1. The minimum atomic E-state index is 0.661. The third-order valence-corrected chi connectivity index (χ3v) is 4.92. The van der Waals surface area contributed by atoms with Gasteiger partial charge in [0.25, 0.3) is 0 Å². The van der Waals surface area contributed by atoms with Crippen molar-refractivity contribution in [2.75, 3.05) is 6.54 Å². The normalized spacial score (nSPS) is 19.0. The summed E-state index contributed by atoms with van der Waals surface area (Å²) in [6, 6.07) is 7.69. The first-order valence-electron chi connectivity index (χ1n) is 8.99. The molecule has 0 aromatic heterocycles. The summed E-state index contributed by atoms with van der Waals surface area (Å²) in [5.41, 5.74) is 4.32. The van der Waals surface area contributed by atoms with Crippen LogP contribution in [-0.4, -0.2) is 12.6 Å². The van der Waals surface area contributed by atoms with E-state index in [1.165, 1.54) is 68.1 Å². The predicted octanol–water partition coefficient (Wildman–Crippen LogP) is 5.18. The van der Waals surface area contributed by atoms with E-state index < -0.39 is 0 Å². The molecule has 0 saturated heterocycles. The topological polar surface area (TPSA) is 12.0 Å². The molecule has 118 valence electrons. The Bertz CT molecular complexity index is 396. The summed E-state index contributed by atoms with van der Waals surface area (Å²) in [4.78, 5) is 0. The molecule has 0 spiro atoms. The third kappa shape index (κ3) is 5.47. The lowest BCUT2D eigenvalue weighted by molar-refractivity contribution is 0.286. The number of aryl methyl sites for hydroxylation is 2. The second-order valence-electron chi connectivity index (χ2n) is 6.97. The van der Waals surface area contributed by atoms with Crippen molar-refractivity contribution in [2.45, 2.75) is 78.2 Å². The Balaban J connectivity index is 2.05. The van der Waals surface area contributed by atoms with Crippen LogP contribution in [-0.2, 0) is 6.42 Å². The molecule has 1 atom stereocenters. The first-order chi connectivity index (χ1) is 10.2. The maximum absolute atomic E-state index is 3.79. The first kappa shape index (κ1) is 16.5. The smallest absolute Gasteiger partial charge is 0.0136 e. The Labute approximate surface area is 131 Å². The van der Waals surface area contributed by atoms with Crippen molar-refractivity contribution in [1.82, 2.24) is 5.32 Å². The average molecular weight is 287 g/mol. The Hall–Kier alpha value is -0.820. The lowest BCUT2D eigenvalue weighted by Gasteiger charge is -2.30. The lowest BCUT2D eigenvalue weighted by atomic mass is 9.83. The van der Waals surface area contributed by atoms with E-state index in [0.29, 0.717) is 6.04 Å². The van der Waals surface area contributed by atoms with Crippen LogP contribution in [0, 0.1) is 19.8 Å². The predicted molar refractivity (Wildman–Crippen MR) is 92.9 cm³/mol. The van der Waals surface area contributed by atoms with Gasteiger partial charge in [-0.1, -0.05) is 68.4 Å². The van der Waals surface area contributed by atoms with Gasteiger partial charge in [-0.25, -0.2) is 0 Å². The molecule has 21 heavy (non-hydrogen) atoms. The summed E-state index contributed by atoms with van der Waals surface area (Å²) in [7, 11) is 0. The van der Waals surface area contributed by atoms with Gasteiger partial charge in [-0.15, -0.1) is 0 Å². The van der Waals surface area contributed by atoms with E-state index in [-0.39, 0.29) is 0 Å². The van der Waals surface area contributed by atoms with E-state index in [2.05, 4.69) is 44.3 Å². The zero-order valence-electron chi connectivity index (χ0n) is 14.3. The van der Waals surface area contributed by atoms with Crippen LogP contribution in [0.1, 0.15) is 68.6 Å². The minimum Gasteiger partial charge on any atom is -0.314 e. The number of benzene rings is 1. The van der Waals surface area contributed by atoms with Crippen molar-refractivity contribution < 1.29 is 0 Å². The maximum Gasteiger partial charge on any atom is 0.0136 e. The molecular weight excluding hydrogens is 254 g/mol. The second-order valence-corrected chi connectivity index (χ2v) is 6.97. The Kier molecular flexibility index (Phi) is 6.76. The molecule has 0 radical (unpaired) electrons. The molecular formula is C20H33N. The molecule has 0 bridgehead atoms. The van der Waals surface area contributed by atoms with Crippen LogP contribution in [0.25, 0.3) is 0 Å². The number of likely N-dealkylation sites (N-methyl/N-ethyl adjacent to an activating group) is 1. The zero-order valence-corrected chi connectivity index (χ0v) is 14.3. The third-order valence-electron chi connectivity index (χ3n) is 4.92. The van der Waals surface area contributed by atoms with Crippen LogP contribution in [0.5, 0.6) is 0 Å².